The summed E-state index contributed by atoms with van der Waals surface area (Å²) in [5, 5.41) is 3.29. The first-order valence-corrected chi connectivity index (χ1v) is 9.93. The molecule has 0 aliphatic carbocycles. The number of nitrogens with one attached hydrogen (secondary N) is 1. The summed E-state index contributed by atoms with van der Waals surface area (Å²) in [4.78, 5) is 28.8. The second-order valence-corrected chi connectivity index (χ2v) is 7.65. The molecule has 0 atom stereocenters. The Morgan fingerprint density at radius 1 is 1.10 bits per heavy atom. The Hall–Kier alpha value is -3.26. The first kappa shape index (κ1) is 21.4. The monoisotopic (exact) mass is 426 g/mol. The Kier molecular flexibility index (Phi) is 6.47. The molecular weight excluding hydrogens is 404 g/mol. The van der Waals surface area contributed by atoms with E-state index in [1.165, 1.54) is 32.9 Å². The number of carbonyl (C=O) groups excluding carboxylic acids is 2. The van der Waals surface area contributed by atoms with Gasteiger partial charge < -0.3 is 19.5 Å². The minimum atomic E-state index is -0.490. The number of rotatable bonds is 5. The van der Waals surface area contributed by atoms with Crippen molar-refractivity contribution in [2.75, 3.05) is 14.2 Å². The highest BCUT2D eigenvalue weighted by Crippen LogP contribution is 2.40. The topological polar surface area (TPSA) is 86.2 Å². The van der Waals surface area contributed by atoms with Gasteiger partial charge in [-0.1, -0.05) is 17.7 Å². The maximum Gasteiger partial charge on any atom is 0.308 e. The molecule has 0 saturated carbocycles. The molecule has 0 radical (unpaired) electrons. The first-order valence-electron chi connectivity index (χ1n) is 9.12. The van der Waals surface area contributed by atoms with E-state index in [9.17, 15) is 9.59 Å². The molecule has 8 heteroatoms. The molecule has 1 aliphatic heterocycles. The van der Waals surface area contributed by atoms with Crippen molar-refractivity contribution in [1.29, 1.82) is 0 Å². The van der Waals surface area contributed by atoms with Crippen LogP contribution < -0.4 is 19.5 Å². The number of amides is 1. The van der Waals surface area contributed by atoms with Crippen LogP contribution in [0.4, 0.5) is 5.69 Å². The molecule has 0 aromatic heterocycles. The fourth-order valence-electron chi connectivity index (χ4n) is 2.90. The first-order chi connectivity index (χ1) is 14.3. The summed E-state index contributed by atoms with van der Waals surface area (Å²) < 4.78 is 15.8. The number of hydrogen-bond acceptors (Lipinski definition) is 7. The lowest BCUT2D eigenvalue weighted by Gasteiger charge is -2.13. The summed E-state index contributed by atoms with van der Waals surface area (Å²) in [7, 11) is 2.93. The van der Waals surface area contributed by atoms with Crippen LogP contribution in [0.1, 0.15) is 23.6 Å². The predicted molar refractivity (Wildman–Crippen MR) is 118 cm³/mol. The fourth-order valence-corrected chi connectivity index (χ4v) is 3.73. The Balaban J connectivity index is 1.92. The third kappa shape index (κ3) is 4.83. The number of methoxy groups -OCH3 is 2. The van der Waals surface area contributed by atoms with E-state index in [2.05, 4.69) is 10.3 Å². The average Bonchev–Trinajstić information content (AvgIpc) is 3.03. The number of hydrogen-bond donors (Lipinski definition) is 1. The van der Waals surface area contributed by atoms with Gasteiger partial charge in [-0.3, -0.25) is 9.59 Å². The smallest absolute Gasteiger partial charge is 0.308 e. The van der Waals surface area contributed by atoms with Gasteiger partial charge in [0.15, 0.2) is 16.7 Å². The number of benzene rings is 2. The second-order valence-electron chi connectivity index (χ2n) is 6.62. The summed E-state index contributed by atoms with van der Waals surface area (Å²) in [6, 6.07) is 9.28. The lowest BCUT2D eigenvalue weighted by atomic mass is 10.1. The van der Waals surface area contributed by atoms with E-state index in [0.717, 1.165) is 16.8 Å². The second kappa shape index (κ2) is 9.04. The summed E-state index contributed by atoms with van der Waals surface area (Å²) >= 11 is 1.25. The van der Waals surface area contributed by atoms with Gasteiger partial charge in [0.25, 0.3) is 5.91 Å². The van der Waals surface area contributed by atoms with Crippen molar-refractivity contribution in [1.82, 2.24) is 5.32 Å². The van der Waals surface area contributed by atoms with E-state index in [1.807, 2.05) is 32.0 Å². The van der Waals surface area contributed by atoms with E-state index < -0.39 is 5.97 Å². The van der Waals surface area contributed by atoms with Crippen LogP contribution in [-0.4, -0.2) is 31.3 Å². The van der Waals surface area contributed by atoms with Gasteiger partial charge in [-0.25, -0.2) is 4.99 Å². The molecule has 1 N–H and O–H groups in total. The minimum Gasteiger partial charge on any atom is -0.493 e. The zero-order valence-electron chi connectivity index (χ0n) is 17.4. The molecule has 156 valence electrons. The number of nitrogens with zero attached hydrogens (tertiary/aromatic N) is 1. The van der Waals surface area contributed by atoms with Gasteiger partial charge in [0.05, 0.1) is 24.8 Å². The molecule has 1 saturated heterocycles. The van der Waals surface area contributed by atoms with Crippen molar-refractivity contribution in [3.63, 3.8) is 0 Å². The number of ether oxygens (including phenoxy) is 3. The van der Waals surface area contributed by atoms with Crippen LogP contribution in [-0.2, 0) is 9.59 Å². The summed E-state index contributed by atoms with van der Waals surface area (Å²) in [5.41, 5.74) is 3.65. The average molecular weight is 426 g/mol. The Morgan fingerprint density at radius 3 is 2.33 bits per heavy atom. The van der Waals surface area contributed by atoms with Crippen LogP contribution >= 0.6 is 11.8 Å². The third-order valence-electron chi connectivity index (χ3n) is 4.25. The fraction of sp³-hybridized carbons (Fsp3) is 0.227. The maximum atomic E-state index is 12.4. The molecule has 0 unspecified atom stereocenters. The van der Waals surface area contributed by atoms with Crippen LogP contribution in [0.3, 0.4) is 0 Å². The Morgan fingerprint density at radius 2 is 1.77 bits per heavy atom. The third-order valence-corrected chi connectivity index (χ3v) is 5.16. The standard InChI is InChI=1S/C22H22N2O5S/c1-12-6-7-16(13(2)8-12)23-22-24-21(26)19(30-22)11-15-9-17(27-4)20(29-14(3)25)18(10-15)28-5/h6-11H,1-5H3,(H,23,24,26). The molecular formula is C22H22N2O5S. The van der Waals surface area contributed by atoms with Crippen molar-refractivity contribution in [2.45, 2.75) is 20.8 Å². The SMILES string of the molecule is COc1cc(C=C2SC(=Nc3ccc(C)cc3C)NC2=O)cc(OC)c1OC(C)=O. The van der Waals surface area contributed by atoms with Crippen LogP contribution in [0.5, 0.6) is 17.2 Å². The highest BCUT2D eigenvalue weighted by atomic mass is 32.2. The summed E-state index contributed by atoms with van der Waals surface area (Å²) in [6.45, 7) is 5.30. The van der Waals surface area contributed by atoms with Gasteiger partial charge in [0.1, 0.15) is 0 Å². The van der Waals surface area contributed by atoms with E-state index in [1.54, 1.807) is 18.2 Å². The number of thioether (sulfide) groups is 1. The van der Waals surface area contributed by atoms with Gasteiger partial charge in [-0.2, -0.15) is 0 Å². The van der Waals surface area contributed by atoms with E-state index in [4.69, 9.17) is 14.2 Å². The van der Waals surface area contributed by atoms with Crippen LogP contribution in [0, 0.1) is 13.8 Å². The largest absolute Gasteiger partial charge is 0.493 e. The molecule has 2 aromatic rings. The summed E-state index contributed by atoms with van der Waals surface area (Å²) in [5.74, 6) is 0.101. The van der Waals surface area contributed by atoms with Crippen molar-refractivity contribution in [3.8, 4) is 17.2 Å². The van der Waals surface area contributed by atoms with Gasteiger partial charge in [0.2, 0.25) is 5.75 Å². The van der Waals surface area contributed by atoms with Crippen LogP contribution in [0.15, 0.2) is 40.2 Å². The molecule has 1 amide bonds. The minimum absolute atomic E-state index is 0.190. The highest BCUT2D eigenvalue weighted by molar-refractivity contribution is 8.18. The number of carbonyl (C=O) groups is 2. The normalized spacial score (nSPS) is 16.0. The molecule has 2 aromatic carbocycles. The maximum absolute atomic E-state index is 12.4. The zero-order valence-corrected chi connectivity index (χ0v) is 18.2. The molecule has 0 spiro atoms. The van der Waals surface area contributed by atoms with E-state index in [-0.39, 0.29) is 11.7 Å². The lowest BCUT2D eigenvalue weighted by molar-refractivity contribution is -0.132. The quantitative estimate of drug-likeness (QED) is 0.439. The molecule has 0 bridgehead atoms. The van der Waals surface area contributed by atoms with Gasteiger partial charge in [-0.15, -0.1) is 0 Å². The molecule has 7 nitrogen and oxygen atoms in total. The number of esters is 1. The predicted octanol–water partition coefficient (Wildman–Crippen LogP) is 4.14. The van der Waals surface area contributed by atoms with Crippen molar-refractivity contribution in [3.05, 3.63) is 51.9 Å². The molecule has 3 rings (SSSR count). The Labute approximate surface area is 179 Å². The molecule has 30 heavy (non-hydrogen) atoms. The molecule has 1 fully saturated rings. The van der Waals surface area contributed by atoms with Gasteiger partial charge in [0, 0.05) is 6.92 Å². The van der Waals surface area contributed by atoms with Crippen molar-refractivity contribution >= 4 is 40.6 Å². The zero-order chi connectivity index (χ0) is 21.8. The number of amidine groups is 1. The van der Waals surface area contributed by atoms with Crippen LogP contribution in [0.2, 0.25) is 0 Å². The van der Waals surface area contributed by atoms with Crippen molar-refractivity contribution < 1.29 is 23.8 Å². The Bertz CT molecular complexity index is 1050. The number of aryl methyl sites for hydroxylation is 2. The lowest BCUT2D eigenvalue weighted by Crippen LogP contribution is -2.19. The van der Waals surface area contributed by atoms with Crippen LogP contribution in [0.25, 0.3) is 6.08 Å². The molecule has 1 heterocycles. The highest BCUT2D eigenvalue weighted by Gasteiger charge is 2.25. The molecule has 1 aliphatic rings. The number of aliphatic imine (C=N–C) groups is 1. The van der Waals surface area contributed by atoms with Gasteiger partial charge >= 0.3 is 5.97 Å². The van der Waals surface area contributed by atoms with E-state index >= 15 is 0 Å². The van der Waals surface area contributed by atoms with Gasteiger partial charge in [-0.05, 0) is 61.0 Å². The van der Waals surface area contributed by atoms with E-state index in [0.29, 0.717) is 27.1 Å². The van der Waals surface area contributed by atoms with Crippen molar-refractivity contribution in [2.24, 2.45) is 4.99 Å². The summed E-state index contributed by atoms with van der Waals surface area (Å²) in [6.07, 6.45) is 1.70.